The van der Waals surface area contributed by atoms with Crippen LogP contribution in [0.1, 0.15) is 281 Å². The second-order valence-electron chi connectivity index (χ2n) is 24.5. The molecule has 0 fully saturated rings. The Morgan fingerprint density at radius 3 is 0.487 bits per heavy atom. The first kappa shape index (κ1) is 102. The van der Waals surface area contributed by atoms with Crippen LogP contribution in [0.3, 0.4) is 0 Å². The molecular formula is C106H143N9. The van der Waals surface area contributed by atoms with Gasteiger partial charge in [-0.3, -0.25) is 0 Å². The molecule has 3 aliphatic rings. The molecule has 13 aromatic rings. The second kappa shape index (κ2) is 56.5. The number of hydrogen-bond acceptors (Lipinski definition) is 9. The van der Waals surface area contributed by atoms with E-state index < -0.39 is 0 Å². The highest BCUT2D eigenvalue weighted by molar-refractivity contribution is 5.88. The highest BCUT2D eigenvalue weighted by Crippen LogP contribution is 2.57. The molecule has 0 bridgehead atoms. The minimum Gasteiger partial charge on any atom is -0.219 e. The zero-order chi connectivity index (χ0) is 86.5. The fourth-order valence-electron chi connectivity index (χ4n) is 14.0. The SMILES string of the molecule is CC.CC.CC.CC.CC.CC.CC.CC.CC.CC.CC1(C)c2ccccc2-c2ccccc21.CCc1nc(C)nc(C)n1.CCc1nc(C)nc(C)n1.CCc1nc(C)nc(C)n1.c1ccc(C2(c3ccccc3)c3ccccc3-c3ccccc32)cc1.c1ccc(C2(c3ccccc3)c3ccccc3-c3ccccc32)cc1. The fourth-order valence-corrected chi connectivity index (χ4v) is 14.0. The standard InChI is InChI=1S/2C25H18.C15H14.3C7H11N3.10C2H6/c2*1-3-11-19(12-4-1)25(20-13-5-2-6-14-20)23-17-9-7-15-21(23)22-16-8-10-18-24(22)25;1-15(2)13-9-5-3-7-11(13)12-8-4-6-10-14(12)15;3*1-4-7-9-5(2)8-6(3)10-7;10*1-2/h2*1-18H;3-10H,1-2H3;3*4H2,1-3H3;10*1-2H3. The van der Waals surface area contributed by atoms with Gasteiger partial charge in [-0.2, -0.15) is 0 Å². The summed E-state index contributed by atoms with van der Waals surface area (Å²) in [7, 11) is 0. The van der Waals surface area contributed by atoms with Crippen molar-refractivity contribution in [1.29, 1.82) is 0 Å². The van der Waals surface area contributed by atoms with E-state index in [9.17, 15) is 0 Å². The van der Waals surface area contributed by atoms with Crippen molar-refractivity contribution in [2.45, 2.75) is 250 Å². The Morgan fingerprint density at radius 1 is 0.183 bits per heavy atom. The Bertz CT molecular complexity index is 4150. The van der Waals surface area contributed by atoms with Crippen molar-refractivity contribution in [3.05, 3.63) is 375 Å². The minimum atomic E-state index is -0.254. The number of aryl methyl sites for hydroxylation is 9. The molecule has 0 amide bonds. The van der Waals surface area contributed by atoms with Crippen LogP contribution in [-0.4, -0.2) is 44.9 Å². The molecule has 0 atom stereocenters. The third kappa shape index (κ3) is 26.1. The number of fused-ring (bicyclic) bond motifs is 9. The van der Waals surface area contributed by atoms with Gasteiger partial charge in [0, 0.05) is 24.7 Å². The van der Waals surface area contributed by atoms with Crippen molar-refractivity contribution >= 4 is 0 Å². The van der Waals surface area contributed by atoms with E-state index in [2.05, 4.69) is 326 Å². The van der Waals surface area contributed by atoms with Crippen molar-refractivity contribution in [3.8, 4) is 33.4 Å². The molecule has 612 valence electrons. The molecule has 115 heavy (non-hydrogen) atoms. The first-order chi connectivity index (χ1) is 56.2. The Labute approximate surface area is 699 Å². The summed E-state index contributed by atoms with van der Waals surface area (Å²) in [5.41, 5.74) is 21.5. The zero-order valence-corrected chi connectivity index (χ0v) is 76.5. The van der Waals surface area contributed by atoms with Crippen LogP contribution in [0, 0.1) is 41.5 Å². The molecule has 0 saturated heterocycles. The molecule has 16 rings (SSSR count). The Morgan fingerprint density at radius 2 is 0.322 bits per heavy atom. The van der Waals surface area contributed by atoms with Crippen molar-refractivity contribution in [2.24, 2.45) is 0 Å². The lowest BCUT2D eigenvalue weighted by Gasteiger charge is -2.33. The van der Waals surface area contributed by atoms with E-state index in [0.717, 1.165) is 71.7 Å². The predicted molar refractivity (Wildman–Crippen MR) is 501 cm³/mol. The van der Waals surface area contributed by atoms with Crippen molar-refractivity contribution in [3.63, 3.8) is 0 Å². The summed E-state index contributed by atoms with van der Waals surface area (Å²) >= 11 is 0. The average Bonchev–Trinajstić information content (AvgIpc) is 1.56. The Hall–Kier alpha value is -10.8. The first-order valence-electron chi connectivity index (χ1n) is 43.1. The number of rotatable bonds is 7. The highest BCUT2D eigenvalue weighted by atomic mass is 15.0. The summed E-state index contributed by atoms with van der Waals surface area (Å²) in [4.78, 5) is 37.0. The van der Waals surface area contributed by atoms with Gasteiger partial charge in [-0.25, -0.2) is 44.9 Å². The van der Waals surface area contributed by atoms with Crippen LogP contribution >= 0.6 is 0 Å². The van der Waals surface area contributed by atoms with Gasteiger partial charge >= 0.3 is 0 Å². The predicted octanol–water partition coefficient (Wildman–Crippen LogP) is 29.5. The summed E-state index contributed by atoms with van der Waals surface area (Å²) < 4.78 is 0. The molecule has 0 aliphatic heterocycles. The molecule has 3 heterocycles. The van der Waals surface area contributed by atoms with Gasteiger partial charge in [0.2, 0.25) is 0 Å². The van der Waals surface area contributed by atoms with Gasteiger partial charge in [-0.1, -0.05) is 440 Å². The monoisotopic (exact) mass is 1540 g/mol. The number of nitrogens with zero attached hydrogens (tertiary/aromatic N) is 9. The van der Waals surface area contributed by atoms with E-state index in [1.807, 2.05) is 201 Å². The third-order valence-corrected chi connectivity index (χ3v) is 17.9. The van der Waals surface area contributed by atoms with Gasteiger partial charge in [0.15, 0.2) is 0 Å². The minimum absolute atomic E-state index is 0.160. The summed E-state index contributed by atoms with van der Waals surface area (Å²) in [5, 5.41) is 0. The maximum Gasteiger partial charge on any atom is 0.132 e. The lowest BCUT2D eigenvalue weighted by molar-refractivity contribution is 0.660. The van der Waals surface area contributed by atoms with E-state index in [1.165, 1.54) is 89.0 Å². The van der Waals surface area contributed by atoms with Crippen LogP contribution in [0.2, 0.25) is 0 Å². The zero-order valence-electron chi connectivity index (χ0n) is 76.5. The molecule has 0 saturated carbocycles. The molecule has 0 N–H and O–H groups in total. The van der Waals surface area contributed by atoms with Crippen LogP contribution in [-0.2, 0) is 35.5 Å². The molecule has 0 spiro atoms. The van der Waals surface area contributed by atoms with Gasteiger partial charge in [-0.15, -0.1) is 0 Å². The summed E-state index contributed by atoms with van der Waals surface area (Å²) in [6, 6.07) is 96.4. The summed E-state index contributed by atoms with van der Waals surface area (Å²) in [6.45, 7) is 62.0. The van der Waals surface area contributed by atoms with E-state index in [4.69, 9.17) is 0 Å². The van der Waals surface area contributed by atoms with Crippen molar-refractivity contribution < 1.29 is 0 Å². The van der Waals surface area contributed by atoms with E-state index >= 15 is 0 Å². The number of hydrogen-bond donors (Lipinski definition) is 0. The van der Waals surface area contributed by atoms with E-state index in [0.29, 0.717) is 0 Å². The summed E-state index contributed by atoms with van der Waals surface area (Å²) in [5.74, 6) is 7.50. The first-order valence-corrected chi connectivity index (χ1v) is 43.1. The summed E-state index contributed by atoms with van der Waals surface area (Å²) in [6.07, 6.45) is 2.64. The van der Waals surface area contributed by atoms with E-state index in [1.54, 1.807) is 0 Å². The topological polar surface area (TPSA) is 116 Å². The van der Waals surface area contributed by atoms with Gasteiger partial charge in [0.05, 0.1) is 10.8 Å². The van der Waals surface area contributed by atoms with Gasteiger partial charge in [0.25, 0.3) is 0 Å². The molecule has 0 unspecified atom stereocenters. The quantitative estimate of drug-likeness (QED) is 0.154. The maximum atomic E-state index is 4.13. The molecule has 3 aliphatic carbocycles. The molecule has 9 heteroatoms. The normalized spacial score (nSPS) is 11.2. The lowest BCUT2D eigenvalue weighted by atomic mass is 9.68. The second-order valence-corrected chi connectivity index (χ2v) is 24.5. The van der Waals surface area contributed by atoms with Crippen LogP contribution in [0.25, 0.3) is 33.4 Å². The van der Waals surface area contributed by atoms with Gasteiger partial charge in [0.1, 0.15) is 52.4 Å². The highest BCUT2D eigenvalue weighted by Gasteiger charge is 2.47. The molecule has 9 nitrogen and oxygen atoms in total. The number of aromatic nitrogens is 9. The van der Waals surface area contributed by atoms with Crippen molar-refractivity contribution in [2.75, 3.05) is 0 Å². The smallest absolute Gasteiger partial charge is 0.132 e. The van der Waals surface area contributed by atoms with Gasteiger partial charge < -0.3 is 0 Å². The molecule has 0 radical (unpaired) electrons. The van der Waals surface area contributed by atoms with E-state index in [-0.39, 0.29) is 16.2 Å². The Balaban J connectivity index is 0.000000683. The molecule has 10 aromatic carbocycles. The van der Waals surface area contributed by atoms with Gasteiger partial charge in [-0.05, 0) is 131 Å². The van der Waals surface area contributed by atoms with Crippen LogP contribution in [0.5, 0.6) is 0 Å². The fraction of sp³-hybridized carbons (Fsp3) is 0.349. The molecule has 3 aromatic heterocycles. The van der Waals surface area contributed by atoms with Crippen LogP contribution in [0.15, 0.2) is 267 Å². The molecular weight excluding hydrogens is 1400 g/mol. The average molecular weight is 1540 g/mol. The van der Waals surface area contributed by atoms with Crippen molar-refractivity contribution in [1.82, 2.24) is 44.9 Å². The Kier molecular flexibility index (Phi) is 50.2. The maximum absolute atomic E-state index is 4.13. The third-order valence-electron chi connectivity index (χ3n) is 17.9. The lowest BCUT2D eigenvalue weighted by Crippen LogP contribution is -2.28. The van der Waals surface area contributed by atoms with Crippen LogP contribution < -0.4 is 0 Å². The van der Waals surface area contributed by atoms with Crippen LogP contribution in [0.4, 0.5) is 0 Å². The number of benzene rings is 10. The largest absolute Gasteiger partial charge is 0.219 e.